The van der Waals surface area contributed by atoms with Crippen LogP contribution in [-0.2, 0) is 5.88 Å². The van der Waals surface area contributed by atoms with Crippen LogP contribution in [0.1, 0.15) is 49.3 Å². The fraction of sp³-hybridized carbons (Fsp3) is 0.667. The van der Waals surface area contributed by atoms with E-state index in [1.54, 1.807) is 0 Å². The number of alkyl halides is 1. The van der Waals surface area contributed by atoms with Crippen molar-refractivity contribution in [2.75, 3.05) is 0 Å². The summed E-state index contributed by atoms with van der Waals surface area (Å²) in [4.78, 5) is 9.09. The molecule has 0 aromatic carbocycles. The lowest BCUT2D eigenvalue weighted by atomic mass is 9.97. The summed E-state index contributed by atoms with van der Waals surface area (Å²) in [6.45, 7) is 4.31. The van der Waals surface area contributed by atoms with E-state index in [2.05, 4.69) is 16.9 Å². The van der Waals surface area contributed by atoms with E-state index < -0.39 is 0 Å². The summed E-state index contributed by atoms with van der Waals surface area (Å²) < 4.78 is 0. The molecule has 1 aromatic rings. The maximum atomic E-state index is 5.82. The maximum absolute atomic E-state index is 5.82. The fourth-order valence-corrected chi connectivity index (χ4v) is 2.56. The third-order valence-corrected chi connectivity index (χ3v) is 3.53. The number of rotatable bonds is 2. The minimum Gasteiger partial charge on any atom is -0.238 e. The van der Waals surface area contributed by atoms with Gasteiger partial charge in [0.2, 0.25) is 0 Å². The Morgan fingerprint density at radius 1 is 1.40 bits per heavy atom. The van der Waals surface area contributed by atoms with Gasteiger partial charge in [0.25, 0.3) is 0 Å². The van der Waals surface area contributed by atoms with E-state index in [4.69, 9.17) is 11.6 Å². The molecule has 1 heterocycles. The van der Waals surface area contributed by atoms with E-state index in [0.717, 1.165) is 23.1 Å². The predicted octanol–water partition coefficient (Wildman–Crippen LogP) is 3.43. The zero-order valence-electron chi connectivity index (χ0n) is 9.33. The first kappa shape index (κ1) is 10.9. The topological polar surface area (TPSA) is 25.8 Å². The highest BCUT2D eigenvalue weighted by Crippen LogP contribution is 2.37. The Kier molecular flexibility index (Phi) is 3.25. The molecule has 82 valence electrons. The van der Waals surface area contributed by atoms with Gasteiger partial charge >= 0.3 is 0 Å². The Morgan fingerprint density at radius 2 is 2.20 bits per heavy atom. The maximum Gasteiger partial charge on any atom is 0.132 e. The Bertz CT molecular complexity index is 351. The minimum absolute atomic E-state index is 0.484. The molecular weight excluding hydrogens is 208 g/mol. The van der Waals surface area contributed by atoms with Gasteiger partial charge in [0.15, 0.2) is 0 Å². The van der Waals surface area contributed by atoms with Crippen LogP contribution in [0.5, 0.6) is 0 Å². The first-order valence-corrected chi connectivity index (χ1v) is 6.14. The van der Waals surface area contributed by atoms with Crippen LogP contribution < -0.4 is 0 Å². The number of aryl methyl sites for hydroxylation is 1. The molecule has 15 heavy (non-hydrogen) atoms. The summed E-state index contributed by atoms with van der Waals surface area (Å²) >= 11 is 5.82. The Morgan fingerprint density at radius 3 is 2.80 bits per heavy atom. The molecule has 3 heteroatoms. The zero-order valence-corrected chi connectivity index (χ0v) is 10.1. The van der Waals surface area contributed by atoms with Crippen molar-refractivity contribution in [3.8, 4) is 0 Å². The fourth-order valence-electron chi connectivity index (χ4n) is 2.42. The van der Waals surface area contributed by atoms with Crippen LogP contribution in [-0.4, -0.2) is 9.97 Å². The molecule has 2 unspecified atom stereocenters. The van der Waals surface area contributed by atoms with Crippen molar-refractivity contribution in [3.63, 3.8) is 0 Å². The number of aromatic nitrogens is 2. The molecule has 1 saturated carbocycles. The summed E-state index contributed by atoms with van der Waals surface area (Å²) in [5.41, 5.74) is 1.99. The number of hydrogen-bond acceptors (Lipinski definition) is 2. The second-order valence-electron chi connectivity index (χ2n) is 4.51. The van der Waals surface area contributed by atoms with Gasteiger partial charge in [0.1, 0.15) is 5.82 Å². The molecule has 2 nitrogen and oxygen atoms in total. The molecule has 2 rings (SSSR count). The number of nitrogens with zero attached hydrogens (tertiary/aromatic N) is 2. The van der Waals surface area contributed by atoms with E-state index in [-0.39, 0.29) is 0 Å². The van der Waals surface area contributed by atoms with Crippen molar-refractivity contribution < 1.29 is 0 Å². The van der Waals surface area contributed by atoms with Crippen LogP contribution in [0.4, 0.5) is 0 Å². The molecule has 0 radical (unpaired) electrons. The van der Waals surface area contributed by atoms with Crippen LogP contribution in [0.2, 0.25) is 0 Å². The van der Waals surface area contributed by atoms with Gasteiger partial charge < -0.3 is 0 Å². The van der Waals surface area contributed by atoms with Crippen LogP contribution in [0, 0.1) is 12.8 Å². The largest absolute Gasteiger partial charge is 0.238 e. The number of halogens is 1. The molecule has 1 aromatic heterocycles. The third-order valence-electron chi connectivity index (χ3n) is 3.25. The van der Waals surface area contributed by atoms with E-state index >= 15 is 0 Å². The Labute approximate surface area is 96.1 Å². The minimum atomic E-state index is 0.484. The molecular formula is C12H17ClN2. The summed E-state index contributed by atoms with van der Waals surface area (Å²) in [5.74, 6) is 2.76. The lowest BCUT2D eigenvalue weighted by molar-refractivity contribution is 0.507. The highest BCUT2D eigenvalue weighted by molar-refractivity contribution is 6.16. The zero-order chi connectivity index (χ0) is 10.8. The lowest BCUT2D eigenvalue weighted by Crippen LogP contribution is -2.09. The molecule has 1 aliphatic rings. The van der Waals surface area contributed by atoms with Crippen LogP contribution in [0.15, 0.2) is 6.07 Å². The van der Waals surface area contributed by atoms with Gasteiger partial charge in [-0.05, 0) is 31.7 Å². The number of hydrogen-bond donors (Lipinski definition) is 0. The summed E-state index contributed by atoms with van der Waals surface area (Å²) in [6.07, 6.45) is 3.84. The Hall–Kier alpha value is -0.630. The van der Waals surface area contributed by atoms with Gasteiger partial charge in [-0.3, -0.25) is 0 Å². The molecule has 2 atom stereocenters. The summed E-state index contributed by atoms with van der Waals surface area (Å²) in [6, 6.07) is 1.97. The quantitative estimate of drug-likeness (QED) is 0.720. The summed E-state index contributed by atoms with van der Waals surface area (Å²) in [7, 11) is 0. The molecule has 0 amide bonds. The standard InChI is InChI=1S/C12H17ClN2/c1-8-4-3-5-11(8)12-14-9(2)6-10(7-13)15-12/h6,8,11H,3-5,7H2,1-2H3. The van der Waals surface area contributed by atoms with Crippen LogP contribution >= 0.6 is 11.6 Å². The van der Waals surface area contributed by atoms with Crippen molar-refractivity contribution in [1.29, 1.82) is 0 Å². The first-order valence-electron chi connectivity index (χ1n) is 5.61. The molecule has 0 N–H and O–H groups in total. The van der Waals surface area contributed by atoms with E-state index in [9.17, 15) is 0 Å². The summed E-state index contributed by atoms with van der Waals surface area (Å²) in [5, 5.41) is 0. The average Bonchev–Trinajstić information content (AvgIpc) is 2.63. The monoisotopic (exact) mass is 224 g/mol. The lowest BCUT2D eigenvalue weighted by Gasteiger charge is -2.14. The molecule has 1 aliphatic carbocycles. The third kappa shape index (κ3) is 2.31. The van der Waals surface area contributed by atoms with E-state index in [0.29, 0.717) is 11.8 Å². The Balaban J connectivity index is 2.30. The van der Waals surface area contributed by atoms with Gasteiger partial charge in [-0.2, -0.15) is 0 Å². The normalized spacial score (nSPS) is 25.8. The first-order chi connectivity index (χ1) is 7.20. The highest BCUT2D eigenvalue weighted by atomic mass is 35.5. The molecule has 0 spiro atoms. The van der Waals surface area contributed by atoms with Crippen molar-refractivity contribution in [2.24, 2.45) is 5.92 Å². The smallest absolute Gasteiger partial charge is 0.132 e. The van der Waals surface area contributed by atoms with Gasteiger partial charge in [-0.25, -0.2) is 9.97 Å². The SMILES string of the molecule is Cc1cc(CCl)nc(C2CCCC2C)n1. The molecule has 0 aliphatic heterocycles. The van der Waals surface area contributed by atoms with Crippen molar-refractivity contribution in [2.45, 2.75) is 44.9 Å². The second-order valence-corrected chi connectivity index (χ2v) is 4.77. The second kappa shape index (κ2) is 4.48. The van der Waals surface area contributed by atoms with E-state index in [1.807, 2.05) is 13.0 Å². The van der Waals surface area contributed by atoms with Gasteiger partial charge in [-0.15, -0.1) is 11.6 Å². The molecule has 0 saturated heterocycles. The highest BCUT2D eigenvalue weighted by Gasteiger charge is 2.27. The van der Waals surface area contributed by atoms with Crippen molar-refractivity contribution >= 4 is 11.6 Å². The average molecular weight is 225 g/mol. The molecule has 1 fully saturated rings. The predicted molar refractivity (Wildman–Crippen MR) is 62.1 cm³/mol. The van der Waals surface area contributed by atoms with Crippen LogP contribution in [0.3, 0.4) is 0 Å². The van der Waals surface area contributed by atoms with Crippen molar-refractivity contribution in [3.05, 3.63) is 23.3 Å². The van der Waals surface area contributed by atoms with Gasteiger partial charge in [0.05, 0.1) is 11.6 Å². The van der Waals surface area contributed by atoms with Crippen molar-refractivity contribution in [1.82, 2.24) is 9.97 Å². The van der Waals surface area contributed by atoms with E-state index in [1.165, 1.54) is 19.3 Å². The van der Waals surface area contributed by atoms with Crippen LogP contribution in [0.25, 0.3) is 0 Å². The van der Waals surface area contributed by atoms with Gasteiger partial charge in [0, 0.05) is 11.6 Å². The molecule has 0 bridgehead atoms. The van der Waals surface area contributed by atoms with Gasteiger partial charge in [-0.1, -0.05) is 13.3 Å².